The minimum atomic E-state index is -4.44. The maximum atomic E-state index is 13.5. The van der Waals surface area contributed by atoms with Gasteiger partial charge in [0.1, 0.15) is 0 Å². The predicted octanol–water partition coefficient (Wildman–Crippen LogP) is 4.69. The Morgan fingerprint density at radius 3 is 2.47 bits per heavy atom. The van der Waals surface area contributed by atoms with E-state index in [9.17, 15) is 26.7 Å². The number of carbonyl (C=O) groups excluding carboxylic acids is 1. The van der Waals surface area contributed by atoms with E-state index in [-0.39, 0.29) is 28.9 Å². The lowest BCUT2D eigenvalue weighted by Crippen LogP contribution is -2.12. The van der Waals surface area contributed by atoms with Gasteiger partial charge in [-0.15, -0.1) is 10.2 Å². The molecule has 0 atom stereocenters. The normalized spacial score (nSPS) is 11.8. The fourth-order valence-corrected chi connectivity index (χ4v) is 2.80. The fraction of sp³-hybridized carbons (Fsp3) is 0.105. The first kappa shape index (κ1) is 19.6. The SMILES string of the molecule is O=C(Nc1c[nH]c2cc(F)c(F)cc12)c1nnc(Cc2ccc(C(F)(F)F)cc2)o1. The van der Waals surface area contributed by atoms with Gasteiger partial charge in [-0.1, -0.05) is 12.1 Å². The molecule has 2 N–H and O–H groups in total. The maximum Gasteiger partial charge on any atom is 0.416 e. The summed E-state index contributed by atoms with van der Waals surface area (Å²) in [5, 5.41) is 10.0. The van der Waals surface area contributed by atoms with Gasteiger partial charge in [-0.2, -0.15) is 13.2 Å². The van der Waals surface area contributed by atoms with Crippen molar-refractivity contribution in [3.63, 3.8) is 0 Å². The van der Waals surface area contributed by atoms with E-state index in [0.717, 1.165) is 24.3 Å². The van der Waals surface area contributed by atoms with Gasteiger partial charge in [0.2, 0.25) is 5.89 Å². The number of amides is 1. The molecule has 1 amide bonds. The molecule has 0 aliphatic carbocycles. The average Bonchev–Trinajstić information content (AvgIpc) is 3.30. The third-order valence-corrected chi connectivity index (χ3v) is 4.27. The molecule has 0 saturated heterocycles. The molecule has 30 heavy (non-hydrogen) atoms. The Hall–Kier alpha value is -3.76. The lowest BCUT2D eigenvalue weighted by atomic mass is 10.1. The number of fused-ring (bicyclic) bond motifs is 1. The van der Waals surface area contributed by atoms with Gasteiger partial charge in [0, 0.05) is 17.6 Å². The van der Waals surface area contributed by atoms with Crippen LogP contribution >= 0.6 is 0 Å². The molecule has 0 spiro atoms. The van der Waals surface area contributed by atoms with E-state index in [4.69, 9.17) is 4.42 Å². The summed E-state index contributed by atoms with van der Waals surface area (Å²) >= 11 is 0. The number of anilines is 1. The number of benzene rings is 2. The highest BCUT2D eigenvalue weighted by molar-refractivity contribution is 6.06. The summed E-state index contributed by atoms with van der Waals surface area (Å²) in [4.78, 5) is 15.0. The second-order valence-electron chi connectivity index (χ2n) is 6.34. The molecule has 2 heterocycles. The Balaban J connectivity index is 1.47. The fourth-order valence-electron chi connectivity index (χ4n) is 2.80. The van der Waals surface area contributed by atoms with E-state index < -0.39 is 35.2 Å². The van der Waals surface area contributed by atoms with Crippen LogP contribution in [0.2, 0.25) is 0 Å². The zero-order chi connectivity index (χ0) is 21.5. The zero-order valence-corrected chi connectivity index (χ0v) is 14.8. The molecule has 0 saturated carbocycles. The Morgan fingerprint density at radius 1 is 1.07 bits per heavy atom. The van der Waals surface area contributed by atoms with Crippen molar-refractivity contribution in [3.8, 4) is 0 Å². The largest absolute Gasteiger partial charge is 0.417 e. The third-order valence-electron chi connectivity index (χ3n) is 4.27. The Morgan fingerprint density at radius 2 is 1.77 bits per heavy atom. The molecule has 2 aromatic carbocycles. The third kappa shape index (κ3) is 3.86. The van der Waals surface area contributed by atoms with Crippen molar-refractivity contribution >= 4 is 22.5 Å². The lowest BCUT2D eigenvalue weighted by Gasteiger charge is -2.06. The zero-order valence-electron chi connectivity index (χ0n) is 14.8. The quantitative estimate of drug-likeness (QED) is 0.468. The van der Waals surface area contributed by atoms with Crippen LogP contribution in [0.4, 0.5) is 27.6 Å². The van der Waals surface area contributed by atoms with Gasteiger partial charge in [-0.25, -0.2) is 8.78 Å². The number of aromatic nitrogens is 3. The molecule has 0 radical (unpaired) electrons. The van der Waals surface area contributed by atoms with Crippen LogP contribution in [0.3, 0.4) is 0 Å². The lowest BCUT2D eigenvalue weighted by molar-refractivity contribution is -0.137. The highest BCUT2D eigenvalue weighted by Gasteiger charge is 2.30. The molecule has 154 valence electrons. The summed E-state index contributed by atoms with van der Waals surface area (Å²) in [5.74, 6) is -3.27. The molecule has 4 aromatic rings. The molecule has 0 unspecified atom stereocenters. The molecule has 6 nitrogen and oxygen atoms in total. The van der Waals surface area contributed by atoms with E-state index in [1.54, 1.807) is 0 Å². The first-order valence-electron chi connectivity index (χ1n) is 8.47. The summed E-state index contributed by atoms with van der Waals surface area (Å²) < 4.78 is 69.8. The molecule has 2 aromatic heterocycles. The highest BCUT2D eigenvalue weighted by Crippen LogP contribution is 2.29. The van der Waals surface area contributed by atoms with Gasteiger partial charge in [-0.05, 0) is 23.8 Å². The van der Waals surface area contributed by atoms with E-state index in [1.165, 1.54) is 18.3 Å². The van der Waals surface area contributed by atoms with Gasteiger partial charge in [-0.3, -0.25) is 4.79 Å². The van der Waals surface area contributed by atoms with Crippen molar-refractivity contribution in [1.82, 2.24) is 15.2 Å². The van der Waals surface area contributed by atoms with Crippen molar-refractivity contribution in [2.24, 2.45) is 0 Å². The number of nitrogens with zero attached hydrogens (tertiary/aromatic N) is 2. The standard InChI is InChI=1S/C19H11F5N4O2/c20-12-6-11-14(7-13(12)21)25-8-15(11)26-17(29)18-28-27-16(30-18)5-9-1-3-10(4-2-9)19(22,23)24/h1-4,6-8,25H,5H2,(H,26,29). The number of rotatable bonds is 4. The van der Waals surface area contributed by atoms with E-state index in [0.29, 0.717) is 5.56 Å². The van der Waals surface area contributed by atoms with Gasteiger partial charge < -0.3 is 14.7 Å². The van der Waals surface area contributed by atoms with Gasteiger partial charge >= 0.3 is 18.0 Å². The molecule has 4 rings (SSSR count). The number of hydrogen-bond acceptors (Lipinski definition) is 4. The van der Waals surface area contributed by atoms with E-state index in [1.807, 2.05) is 0 Å². The van der Waals surface area contributed by atoms with Crippen LogP contribution in [0.15, 0.2) is 47.0 Å². The minimum Gasteiger partial charge on any atom is -0.417 e. The first-order chi connectivity index (χ1) is 14.2. The van der Waals surface area contributed by atoms with Crippen LogP contribution in [-0.2, 0) is 12.6 Å². The molecule has 11 heteroatoms. The number of alkyl halides is 3. The molecule has 0 fully saturated rings. The van der Waals surface area contributed by atoms with E-state index >= 15 is 0 Å². The number of halogens is 5. The van der Waals surface area contributed by atoms with Crippen LogP contribution in [0, 0.1) is 11.6 Å². The highest BCUT2D eigenvalue weighted by atomic mass is 19.4. The molecule has 0 aliphatic rings. The maximum absolute atomic E-state index is 13.5. The average molecular weight is 422 g/mol. The molecular weight excluding hydrogens is 411 g/mol. The first-order valence-corrected chi connectivity index (χ1v) is 8.47. The van der Waals surface area contributed by atoms with Crippen molar-refractivity contribution in [3.05, 3.63) is 77.1 Å². The second kappa shape index (κ2) is 7.25. The number of H-pyrrole nitrogens is 1. The minimum absolute atomic E-state index is 0.0203. The van der Waals surface area contributed by atoms with Crippen molar-refractivity contribution in [2.75, 3.05) is 5.32 Å². The molecular formula is C19H11F5N4O2. The van der Waals surface area contributed by atoms with E-state index in [2.05, 4.69) is 20.5 Å². The number of hydrogen-bond donors (Lipinski definition) is 2. The monoisotopic (exact) mass is 422 g/mol. The topological polar surface area (TPSA) is 83.8 Å². The second-order valence-corrected chi connectivity index (χ2v) is 6.34. The smallest absolute Gasteiger partial charge is 0.416 e. The summed E-state index contributed by atoms with van der Waals surface area (Å²) in [7, 11) is 0. The van der Waals surface area contributed by atoms with Crippen molar-refractivity contribution < 1.29 is 31.2 Å². The summed E-state index contributed by atoms with van der Waals surface area (Å²) in [6, 6.07) is 6.28. The number of nitrogens with one attached hydrogen (secondary N) is 2. The summed E-state index contributed by atoms with van der Waals surface area (Å²) in [5.41, 5.74) is 0.147. The summed E-state index contributed by atoms with van der Waals surface area (Å²) in [6.45, 7) is 0. The Labute approximate surface area is 164 Å². The van der Waals surface area contributed by atoms with Crippen LogP contribution < -0.4 is 5.32 Å². The molecule has 0 bridgehead atoms. The van der Waals surface area contributed by atoms with Crippen LogP contribution in [0.5, 0.6) is 0 Å². The van der Waals surface area contributed by atoms with Crippen LogP contribution in [0.25, 0.3) is 10.9 Å². The van der Waals surface area contributed by atoms with Gasteiger partial charge in [0.05, 0.1) is 23.2 Å². The Kier molecular flexibility index (Phi) is 4.72. The van der Waals surface area contributed by atoms with Gasteiger partial charge in [0.15, 0.2) is 11.6 Å². The van der Waals surface area contributed by atoms with Crippen LogP contribution in [0.1, 0.15) is 27.7 Å². The Bertz CT molecular complexity index is 1230. The van der Waals surface area contributed by atoms with Gasteiger partial charge in [0.25, 0.3) is 0 Å². The van der Waals surface area contributed by atoms with Crippen molar-refractivity contribution in [2.45, 2.75) is 12.6 Å². The summed E-state index contributed by atoms with van der Waals surface area (Å²) in [6.07, 6.45) is -3.07. The van der Waals surface area contributed by atoms with Crippen molar-refractivity contribution in [1.29, 1.82) is 0 Å². The number of carbonyl (C=O) groups is 1. The van der Waals surface area contributed by atoms with Crippen LogP contribution in [-0.4, -0.2) is 21.1 Å². The predicted molar refractivity (Wildman–Crippen MR) is 94.7 cm³/mol. The number of aromatic amines is 1. The molecule has 0 aliphatic heterocycles.